The number of hydrogen-bond acceptors (Lipinski definition) is 4. The molecule has 1 aliphatic rings. The Balaban J connectivity index is 2.03. The summed E-state index contributed by atoms with van der Waals surface area (Å²) >= 11 is 0. The molecule has 0 saturated carbocycles. The molecule has 0 N–H and O–H groups in total. The van der Waals surface area contributed by atoms with Gasteiger partial charge in [-0.3, -0.25) is 15.0 Å². The summed E-state index contributed by atoms with van der Waals surface area (Å²) in [7, 11) is 0. The molecule has 1 aromatic carbocycles. The zero-order valence-corrected chi connectivity index (χ0v) is 10.1. The fourth-order valence-corrected chi connectivity index (χ4v) is 2.28. The summed E-state index contributed by atoms with van der Waals surface area (Å²) in [5.74, 6) is 0.145. The quantitative estimate of drug-likeness (QED) is 0.605. The van der Waals surface area contributed by atoms with Crippen molar-refractivity contribution >= 4 is 5.69 Å². The van der Waals surface area contributed by atoms with Crippen molar-refractivity contribution in [3.05, 3.63) is 39.9 Å². The molecular formula is C13H15N3O2. The van der Waals surface area contributed by atoms with E-state index in [0.717, 1.165) is 31.5 Å². The van der Waals surface area contributed by atoms with E-state index in [1.165, 1.54) is 6.07 Å². The maximum Gasteiger partial charge on any atom is 0.273 e. The van der Waals surface area contributed by atoms with E-state index in [9.17, 15) is 10.1 Å². The van der Waals surface area contributed by atoms with Crippen LogP contribution in [-0.4, -0.2) is 22.9 Å². The lowest BCUT2D eigenvalue weighted by Gasteiger charge is -2.28. The molecule has 2 rings (SSSR count). The van der Waals surface area contributed by atoms with Gasteiger partial charge in [0.25, 0.3) is 5.69 Å². The lowest BCUT2D eigenvalue weighted by Crippen LogP contribution is -2.32. The first kappa shape index (κ1) is 12.5. The third-order valence-electron chi connectivity index (χ3n) is 3.35. The summed E-state index contributed by atoms with van der Waals surface area (Å²) in [6.07, 6.45) is 1.72. The molecule has 0 spiro atoms. The summed E-state index contributed by atoms with van der Waals surface area (Å²) < 4.78 is 0. The van der Waals surface area contributed by atoms with E-state index < -0.39 is 0 Å². The molecule has 1 aromatic rings. The van der Waals surface area contributed by atoms with Crippen molar-refractivity contribution in [3.63, 3.8) is 0 Å². The molecule has 94 valence electrons. The molecule has 18 heavy (non-hydrogen) atoms. The normalized spacial score (nSPS) is 17.3. The number of likely N-dealkylation sites (tertiary alicyclic amines) is 1. The third-order valence-corrected chi connectivity index (χ3v) is 3.35. The van der Waals surface area contributed by atoms with Crippen LogP contribution in [0.1, 0.15) is 18.4 Å². The molecule has 0 bridgehead atoms. The SMILES string of the molecule is N#CC1CCN(Cc2ccccc2[N+](=O)[O-])CC1. The van der Waals surface area contributed by atoms with Gasteiger partial charge in [0.05, 0.1) is 11.0 Å². The van der Waals surface area contributed by atoms with Gasteiger partial charge in [-0.1, -0.05) is 18.2 Å². The average molecular weight is 245 g/mol. The maximum atomic E-state index is 10.9. The number of rotatable bonds is 3. The first-order valence-electron chi connectivity index (χ1n) is 6.05. The Labute approximate surface area is 106 Å². The number of hydrogen-bond donors (Lipinski definition) is 0. The predicted octanol–water partition coefficient (Wildman–Crippen LogP) is 2.33. The van der Waals surface area contributed by atoms with Crippen LogP contribution in [-0.2, 0) is 6.54 Å². The van der Waals surface area contributed by atoms with Crippen molar-refractivity contribution < 1.29 is 4.92 Å². The average Bonchev–Trinajstić information content (AvgIpc) is 2.40. The van der Waals surface area contributed by atoms with Gasteiger partial charge < -0.3 is 0 Å². The van der Waals surface area contributed by atoms with Crippen LogP contribution in [0.3, 0.4) is 0 Å². The lowest BCUT2D eigenvalue weighted by molar-refractivity contribution is -0.385. The van der Waals surface area contributed by atoms with E-state index in [4.69, 9.17) is 5.26 Å². The third kappa shape index (κ3) is 2.84. The summed E-state index contributed by atoms with van der Waals surface area (Å²) in [4.78, 5) is 12.7. The van der Waals surface area contributed by atoms with Gasteiger partial charge in [0.15, 0.2) is 0 Å². The summed E-state index contributed by atoms with van der Waals surface area (Å²) in [5, 5.41) is 19.7. The van der Waals surface area contributed by atoms with Gasteiger partial charge in [-0.15, -0.1) is 0 Å². The van der Waals surface area contributed by atoms with Crippen LogP contribution in [0.5, 0.6) is 0 Å². The second kappa shape index (κ2) is 5.61. The number of nitriles is 1. The first-order valence-corrected chi connectivity index (χ1v) is 6.05. The molecule has 0 aromatic heterocycles. The first-order chi connectivity index (χ1) is 8.70. The van der Waals surface area contributed by atoms with Crippen LogP contribution >= 0.6 is 0 Å². The van der Waals surface area contributed by atoms with Crippen LogP contribution in [0.15, 0.2) is 24.3 Å². The molecule has 5 nitrogen and oxygen atoms in total. The van der Waals surface area contributed by atoms with Crippen LogP contribution in [0.25, 0.3) is 0 Å². The molecular weight excluding hydrogens is 230 g/mol. The van der Waals surface area contributed by atoms with E-state index in [-0.39, 0.29) is 16.5 Å². The van der Waals surface area contributed by atoms with Gasteiger partial charge >= 0.3 is 0 Å². The minimum absolute atomic E-state index is 0.145. The number of benzene rings is 1. The number of nitro benzene ring substituents is 1. The second-order valence-corrected chi connectivity index (χ2v) is 4.57. The highest BCUT2D eigenvalue weighted by molar-refractivity contribution is 5.39. The van der Waals surface area contributed by atoms with Gasteiger partial charge in [0, 0.05) is 24.1 Å². The maximum absolute atomic E-state index is 10.9. The molecule has 0 unspecified atom stereocenters. The number of nitro groups is 1. The second-order valence-electron chi connectivity index (χ2n) is 4.57. The topological polar surface area (TPSA) is 70.2 Å². The van der Waals surface area contributed by atoms with Crippen LogP contribution in [0, 0.1) is 27.4 Å². The molecule has 0 atom stereocenters. The Morgan fingerprint density at radius 3 is 2.67 bits per heavy atom. The summed E-state index contributed by atoms with van der Waals surface area (Å²) in [6.45, 7) is 2.27. The van der Waals surface area contributed by atoms with E-state index in [1.54, 1.807) is 12.1 Å². The number of nitrogens with zero attached hydrogens (tertiary/aromatic N) is 3. The predicted molar refractivity (Wildman–Crippen MR) is 66.7 cm³/mol. The number of para-hydroxylation sites is 1. The van der Waals surface area contributed by atoms with Crippen molar-refractivity contribution in [2.24, 2.45) is 5.92 Å². The molecule has 1 fully saturated rings. The highest BCUT2D eigenvalue weighted by atomic mass is 16.6. The zero-order valence-electron chi connectivity index (χ0n) is 10.1. The molecule has 1 heterocycles. The standard InChI is InChI=1S/C13H15N3O2/c14-9-11-5-7-15(8-6-11)10-12-3-1-2-4-13(12)16(17)18/h1-4,11H,5-8,10H2. The van der Waals surface area contributed by atoms with E-state index in [0.29, 0.717) is 6.54 Å². The van der Waals surface area contributed by atoms with Crippen molar-refractivity contribution in [1.82, 2.24) is 4.90 Å². The largest absolute Gasteiger partial charge is 0.299 e. The lowest BCUT2D eigenvalue weighted by atomic mass is 9.98. The Hall–Kier alpha value is -1.93. The van der Waals surface area contributed by atoms with E-state index >= 15 is 0 Å². The smallest absolute Gasteiger partial charge is 0.273 e. The molecule has 1 aliphatic heterocycles. The van der Waals surface area contributed by atoms with Crippen LogP contribution in [0.4, 0.5) is 5.69 Å². The number of piperidine rings is 1. The van der Waals surface area contributed by atoms with Crippen LogP contribution in [0.2, 0.25) is 0 Å². The van der Waals surface area contributed by atoms with Gasteiger partial charge in [-0.2, -0.15) is 5.26 Å². The summed E-state index contributed by atoms with van der Waals surface area (Å²) in [6, 6.07) is 9.13. The van der Waals surface area contributed by atoms with Crippen LogP contribution < -0.4 is 0 Å². The minimum atomic E-state index is -0.336. The van der Waals surface area contributed by atoms with Crippen molar-refractivity contribution in [2.75, 3.05) is 13.1 Å². The zero-order chi connectivity index (χ0) is 13.0. The monoisotopic (exact) mass is 245 g/mol. The fourth-order valence-electron chi connectivity index (χ4n) is 2.28. The van der Waals surface area contributed by atoms with E-state index in [1.807, 2.05) is 6.07 Å². The Bertz CT molecular complexity index is 473. The Morgan fingerprint density at radius 1 is 1.39 bits per heavy atom. The van der Waals surface area contributed by atoms with Crippen molar-refractivity contribution in [2.45, 2.75) is 19.4 Å². The Kier molecular flexibility index (Phi) is 3.90. The summed E-state index contributed by atoms with van der Waals surface area (Å²) in [5.41, 5.74) is 0.929. The molecule has 0 aliphatic carbocycles. The van der Waals surface area contributed by atoms with Gasteiger partial charge in [-0.25, -0.2) is 0 Å². The minimum Gasteiger partial charge on any atom is -0.299 e. The molecule has 0 radical (unpaired) electrons. The van der Waals surface area contributed by atoms with Gasteiger partial charge in [0.2, 0.25) is 0 Å². The fraction of sp³-hybridized carbons (Fsp3) is 0.462. The van der Waals surface area contributed by atoms with Crippen molar-refractivity contribution in [3.8, 4) is 6.07 Å². The highest BCUT2D eigenvalue weighted by Gasteiger charge is 2.21. The molecule has 5 heteroatoms. The van der Waals surface area contributed by atoms with Gasteiger partial charge in [-0.05, 0) is 25.9 Å². The molecule has 1 saturated heterocycles. The van der Waals surface area contributed by atoms with Gasteiger partial charge in [0.1, 0.15) is 0 Å². The molecule has 0 amide bonds. The van der Waals surface area contributed by atoms with E-state index in [2.05, 4.69) is 11.0 Å². The Morgan fingerprint density at radius 2 is 2.06 bits per heavy atom. The highest BCUT2D eigenvalue weighted by Crippen LogP contribution is 2.23. The van der Waals surface area contributed by atoms with Crippen molar-refractivity contribution in [1.29, 1.82) is 5.26 Å².